The standard InChI is InChI=1S/C15H24N2O2S/c1-15(2,3)13-12(9-18)20-14(16-13)17-7-8-19-11-6-4-5-10(11)17/h10-11,18H,4-9H2,1-3H3. The maximum absolute atomic E-state index is 9.61. The molecule has 2 unspecified atom stereocenters. The first-order chi connectivity index (χ1) is 9.50. The number of aliphatic hydroxyl groups excluding tert-OH is 1. The molecular weight excluding hydrogens is 272 g/mol. The molecule has 1 saturated heterocycles. The number of thiazole rings is 1. The lowest BCUT2D eigenvalue weighted by molar-refractivity contribution is 0.0256. The van der Waals surface area contributed by atoms with Crippen LogP contribution < -0.4 is 4.90 Å². The summed E-state index contributed by atoms with van der Waals surface area (Å²) in [5.74, 6) is 0. The average Bonchev–Trinajstić information content (AvgIpc) is 3.03. The minimum atomic E-state index is -0.0197. The van der Waals surface area contributed by atoms with Gasteiger partial charge in [0.15, 0.2) is 5.13 Å². The molecule has 2 aliphatic rings. The monoisotopic (exact) mass is 296 g/mol. The molecule has 1 aromatic heterocycles. The highest BCUT2D eigenvalue weighted by atomic mass is 32.1. The predicted molar refractivity (Wildman–Crippen MR) is 81.5 cm³/mol. The Balaban J connectivity index is 1.92. The van der Waals surface area contributed by atoms with E-state index in [0.717, 1.165) is 28.9 Å². The van der Waals surface area contributed by atoms with Gasteiger partial charge in [0.1, 0.15) is 0 Å². The summed E-state index contributed by atoms with van der Waals surface area (Å²) in [4.78, 5) is 8.29. The summed E-state index contributed by atoms with van der Waals surface area (Å²) in [6.45, 7) is 8.26. The number of anilines is 1. The molecule has 20 heavy (non-hydrogen) atoms. The second-order valence-corrected chi connectivity index (χ2v) is 7.84. The Kier molecular flexibility index (Phi) is 3.77. The van der Waals surface area contributed by atoms with Gasteiger partial charge in [-0.1, -0.05) is 32.1 Å². The van der Waals surface area contributed by atoms with Crippen LogP contribution in [-0.2, 0) is 16.8 Å². The van der Waals surface area contributed by atoms with Crippen molar-refractivity contribution in [2.24, 2.45) is 0 Å². The zero-order chi connectivity index (χ0) is 14.3. The van der Waals surface area contributed by atoms with Gasteiger partial charge in [0.2, 0.25) is 0 Å². The maximum Gasteiger partial charge on any atom is 0.186 e. The van der Waals surface area contributed by atoms with Gasteiger partial charge in [0, 0.05) is 12.0 Å². The number of rotatable bonds is 2. The van der Waals surface area contributed by atoms with Gasteiger partial charge in [0.25, 0.3) is 0 Å². The molecule has 0 radical (unpaired) electrons. The number of ether oxygens (including phenoxy) is 1. The number of aliphatic hydroxyl groups is 1. The molecule has 0 spiro atoms. The number of aromatic nitrogens is 1. The molecule has 2 heterocycles. The predicted octanol–water partition coefficient (Wildman–Crippen LogP) is 2.69. The van der Waals surface area contributed by atoms with Gasteiger partial charge in [-0.25, -0.2) is 4.98 Å². The van der Waals surface area contributed by atoms with Crippen molar-refractivity contribution in [2.75, 3.05) is 18.1 Å². The summed E-state index contributed by atoms with van der Waals surface area (Å²) < 4.78 is 5.87. The molecule has 4 nitrogen and oxygen atoms in total. The molecular formula is C15H24N2O2S. The lowest BCUT2D eigenvalue weighted by Gasteiger charge is -2.37. The smallest absolute Gasteiger partial charge is 0.186 e. The zero-order valence-electron chi connectivity index (χ0n) is 12.6. The van der Waals surface area contributed by atoms with E-state index in [1.807, 2.05) is 0 Å². The molecule has 2 fully saturated rings. The molecule has 112 valence electrons. The van der Waals surface area contributed by atoms with Gasteiger partial charge < -0.3 is 14.7 Å². The minimum absolute atomic E-state index is 0.0197. The van der Waals surface area contributed by atoms with E-state index in [-0.39, 0.29) is 12.0 Å². The van der Waals surface area contributed by atoms with Gasteiger partial charge in [-0.2, -0.15) is 0 Å². The van der Waals surface area contributed by atoms with Gasteiger partial charge in [-0.15, -0.1) is 0 Å². The summed E-state index contributed by atoms with van der Waals surface area (Å²) >= 11 is 1.65. The number of hydrogen-bond acceptors (Lipinski definition) is 5. The van der Waals surface area contributed by atoms with E-state index in [1.54, 1.807) is 11.3 Å². The van der Waals surface area contributed by atoms with Crippen LogP contribution in [0.1, 0.15) is 50.6 Å². The van der Waals surface area contributed by atoms with Crippen LogP contribution in [0.3, 0.4) is 0 Å². The van der Waals surface area contributed by atoms with Gasteiger partial charge in [0.05, 0.1) is 35.9 Å². The molecule has 1 N–H and O–H groups in total. The first-order valence-corrected chi connectivity index (χ1v) is 8.31. The van der Waals surface area contributed by atoms with Gasteiger partial charge in [-0.05, 0) is 19.3 Å². The normalized spacial score (nSPS) is 26.9. The van der Waals surface area contributed by atoms with Crippen molar-refractivity contribution in [3.63, 3.8) is 0 Å². The van der Waals surface area contributed by atoms with Crippen LogP contribution in [0.4, 0.5) is 5.13 Å². The van der Waals surface area contributed by atoms with E-state index >= 15 is 0 Å². The third-order valence-corrected chi connectivity index (χ3v) is 5.35. The summed E-state index contributed by atoms with van der Waals surface area (Å²) in [6.07, 6.45) is 3.99. The second kappa shape index (κ2) is 5.28. The Labute approximate surface area is 124 Å². The topological polar surface area (TPSA) is 45.6 Å². The SMILES string of the molecule is CC(C)(C)c1nc(N2CCOC3CCCC32)sc1CO. The lowest BCUT2D eigenvalue weighted by atomic mass is 9.91. The van der Waals surface area contributed by atoms with Crippen LogP contribution in [0.5, 0.6) is 0 Å². The summed E-state index contributed by atoms with van der Waals surface area (Å²) in [7, 11) is 0. The molecule has 5 heteroatoms. The molecule has 1 saturated carbocycles. The largest absolute Gasteiger partial charge is 0.391 e. The molecule has 3 rings (SSSR count). The summed E-state index contributed by atoms with van der Waals surface area (Å²) in [6, 6.07) is 0.481. The Bertz CT molecular complexity index is 481. The molecule has 1 aromatic rings. The third kappa shape index (κ3) is 2.47. The Morgan fingerprint density at radius 3 is 2.85 bits per heavy atom. The van der Waals surface area contributed by atoms with Crippen molar-refractivity contribution < 1.29 is 9.84 Å². The van der Waals surface area contributed by atoms with E-state index in [0.29, 0.717) is 12.1 Å². The quantitative estimate of drug-likeness (QED) is 0.911. The lowest BCUT2D eigenvalue weighted by Crippen LogP contribution is -2.48. The molecule has 2 atom stereocenters. The molecule has 0 aromatic carbocycles. The number of fused-ring (bicyclic) bond motifs is 1. The van der Waals surface area contributed by atoms with Crippen molar-refractivity contribution in [1.82, 2.24) is 4.98 Å². The summed E-state index contributed by atoms with van der Waals surface area (Å²) in [5.41, 5.74) is 1.02. The second-order valence-electron chi connectivity index (χ2n) is 6.78. The first kappa shape index (κ1) is 14.3. The van der Waals surface area contributed by atoms with Crippen molar-refractivity contribution in [1.29, 1.82) is 0 Å². The number of morpholine rings is 1. The van der Waals surface area contributed by atoms with Crippen molar-refractivity contribution in [3.8, 4) is 0 Å². The van der Waals surface area contributed by atoms with E-state index in [4.69, 9.17) is 9.72 Å². The van der Waals surface area contributed by atoms with Crippen LogP contribution in [0.25, 0.3) is 0 Å². The number of nitrogens with zero attached hydrogens (tertiary/aromatic N) is 2. The van der Waals surface area contributed by atoms with E-state index in [2.05, 4.69) is 25.7 Å². The van der Waals surface area contributed by atoms with E-state index in [9.17, 15) is 5.11 Å². The number of hydrogen-bond donors (Lipinski definition) is 1. The third-order valence-electron chi connectivity index (χ3n) is 4.27. The molecule has 1 aliphatic heterocycles. The zero-order valence-corrected chi connectivity index (χ0v) is 13.4. The van der Waals surface area contributed by atoms with E-state index < -0.39 is 0 Å². The minimum Gasteiger partial charge on any atom is -0.391 e. The average molecular weight is 296 g/mol. The van der Waals surface area contributed by atoms with Gasteiger partial charge >= 0.3 is 0 Å². The maximum atomic E-state index is 9.61. The van der Waals surface area contributed by atoms with Gasteiger partial charge in [-0.3, -0.25) is 0 Å². The highest BCUT2D eigenvalue weighted by Crippen LogP contribution is 2.38. The van der Waals surface area contributed by atoms with Crippen LogP contribution in [-0.4, -0.2) is 35.4 Å². The fourth-order valence-corrected chi connectivity index (χ4v) is 4.53. The van der Waals surface area contributed by atoms with Crippen LogP contribution in [0.15, 0.2) is 0 Å². The molecule has 1 aliphatic carbocycles. The molecule has 0 bridgehead atoms. The Hall–Kier alpha value is -0.650. The van der Waals surface area contributed by atoms with Crippen LogP contribution >= 0.6 is 11.3 Å². The first-order valence-electron chi connectivity index (χ1n) is 7.50. The van der Waals surface area contributed by atoms with Crippen LogP contribution in [0, 0.1) is 0 Å². The fourth-order valence-electron chi connectivity index (χ4n) is 3.32. The Morgan fingerprint density at radius 1 is 1.40 bits per heavy atom. The van der Waals surface area contributed by atoms with Crippen molar-refractivity contribution >= 4 is 16.5 Å². The van der Waals surface area contributed by atoms with E-state index in [1.165, 1.54) is 19.3 Å². The fraction of sp³-hybridized carbons (Fsp3) is 0.800. The van der Waals surface area contributed by atoms with Crippen LogP contribution in [0.2, 0.25) is 0 Å². The van der Waals surface area contributed by atoms with Crippen molar-refractivity contribution in [3.05, 3.63) is 10.6 Å². The highest BCUT2D eigenvalue weighted by Gasteiger charge is 2.38. The summed E-state index contributed by atoms with van der Waals surface area (Å²) in [5, 5.41) is 10.7. The van der Waals surface area contributed by atoms with Crippen molar-refractivity contribution in [2.45, 2.75) is 64.2 Å². The highest BCUT2D eigenvalue weighted by molar-refractivity contribution is 7.15. The Morgan fingerprint density at radius 2 is 2.20 bits per heavy atom. The molecule has 0 amide bonds.